The van der Waals surface area contributed by atoms with Gasteiger partial charge in [-0.3, -0.25) is 4.79 Å². The highest BCUT2D eigenvalue weighted by Gasteiger charge is 2.40. The minimum atomic E-state index is -3.05. The molecule has 0 fully saturated rings. The van der Waals surface area contributed by atoms with E-state index in [-0.39, 0.29) is 12.5 Å². The van der Waals surface area contributed by atoms with E-state index in [1.807, 2.05) is 53.8 Å². The molecule has 3 rings (SSSR count). The van der Waals surface area contributed by atoms with Crippen LogP contribution in [0.25, 0.3) is 11.1 Å². The molecule has 1 aliphatic rings. The quantitative estimate of drug-likeness (QED) is 0.800. The number of carbonyl (C=O) groups is 2. The first-order valence-corrected chi connectivity index (χ1v) is 8.45. The molecule has 142 valence electrons. The zero-order valence-electron chi connectivity index (χ0n) is 14.6. The van der Waals surface area contributed by atoms with Crippen molar-refractivity contribution in [3.05, 3.63) is 59.7 Å². The van der Waals surface area contributed by atoms with Gasteiger partial charge in [0.25, 0.3) is 6.43 Å². The molecule has 1 unspecified atom stereocenters. The Morgan fingerprint density at radius 2 is 1.63 bits per heavy atom. The molecule has 0 saturated carbocycles. The van der Waals surface area contributed by atoms with E-state index in [0.29, 0.717) is 0 Å². The Bertz CT molecular complexity index is 825. The second-order valence-electron chi connectivity index (χ2n) is 6.74. The number of benzene rings is 2. The summed E-state index contributed by atoms with van der Waals surface area (Å²) in [5.41, 5.74) is 1.88. The molecule has 5 nitrogen and oxygen atoms in total. The van der Waals surface area contributed by atoms with Gasteiger partial charge in [0.15, 0.2) is 0 Å². The Kier molecular flexibility index (Phi) is 5.12. The summed E-state index contributed by atoms with van der Waals surface area (Å²) in [5.74, 6) is -1.64. The van der Waals surface area contributed by atoms with Gasteiger partial charge < -0.3 is 15.2 Å². The third-order valence-corrected chi connectivity index (χ3v) is 4.73. The van der Waals surface area contributed by atoms with Crippen LogP contribution < -0.4 is 5.32 Å². The number of amides is 1. The van der Waals surface area contributed by atoms with Gasteiger partial charge in [-0.05, 0) is 29.2 Å². The van der Waals surface area contributed by atoms with Crippen LogP contribution in [0, 0.1) is 0 Å². The summed E-state index contributed by atoms with van der Waals surface area (Å²) in [4.78, 5) is 22.9. The van der Waals surface area contributed by atoms with E-state index in [4.69, 9.17) is 9.84 Å². The maximum atomic E-state index is 13.2. The van der Waals surface area contributed by atoms with Crippen molar-refractivity contribution in [3.63, 3.8) is 0 Å². The highest BCUT2D eigenvalue weighted by Crippen LogP contribution is 2.44. The number of carboxylic acid groups (broad SMARTS) is 1. The van der Waals surface area contributed by atoms with E-state index in [1.54, 1.807) is 0 Å². The Morgan fingerprint density at radius 1 is 1.11 bits per heavy atom. The third-order valence-electron chi connectivity index (χ3n) is 4.73. The normalized spacial score (nSPS) is 15.0. The van der Waals surface area contributed by atoms with Gasteiger partial charge in [-0.25, -0.2) is 13.6 Å². The fourth-order valence-corrected chi connectivity index (χ4v) is 3.36. The lowest BCUT2D eigenvalue weighted by atomic mass is 9.98. The summed E-state index contributed by atoms with van der Waals surface area (Å²) < 4.78 is 31.6. The molecule has 0 bridgehead atoms. The van der Waals surface area contributed by atoms with Crippen LogP contribution >= 0.6 is 0 Å². The van der Waals surface area contributed by atoms with Crippen LogP contribution in [0.3, 0.4) is 0 Å². The van der Waals surface area contributed by atoms with Gasteiger partial charge in [-0.2, -0.15) is 0 Å². The lowest BCUT2D eigenvalue weighted by molar-refractivity contribution is -0.140. The number of halogens is 2. The maximum Gasteiger partial charge on any atom is 0.407 e. The number of aliphatic carboxylic acids is 1. The molecular formula is C20H19F2NO4. The van der Waals surface area contributed by atoms with Crippen LogP contribution in [0.15, 0.2) is 48.5 Å². The van der Waals surface area contributed by atoms with Crippen molar-refractivity contribution < 1.29 is 28.2 Å². The smallest absolute Gasteiger partial charge is 0.407 e. The number of fused-ring (bicyclic) bond motifs is 3. The lowest BCUT2D eigenvalue weighted by Gasteiger charge is -2.28. The van der Waals surface area contributed by atoms with E-state index < -0.39 is 30.4 Å². The molecule has 0 spiro atoms. The van der Waals surface area contributed by atoms with Crippen molar-refractivity contribution in [2.75, 3.05) is 6.61 Å². The first-order chi connectivity index (χ1) is 12.8. The predicted octanol–water partition coefficient (Wildman–Crippen LogP) is 4.02. The third kappa shape index (κ3) is 3.77. The van der Waals surface area contributed by atoms with Gasteiger partial charge in [-0.1, -0.05) is 48.5 Å². The second-order valence-corrected chi connectivity index (χ2v) is 6.74. The van der Waals surface area contributed by atoms with E-state index in [2.05, 4.69) is 0 Å². The van der Waals surface area contributed by atoms with Crippen LogP contribution in [0.2, 0.25) is 0 Å². The van der Waals surface area contributed by atoms with Gasteiger partial charge in [0.05, 0.1) is 6.42 Å². The topological polar surface area (TPSA) is 75.6 Å². The molecular weight excluding hydrogens is 356 g/mol. The molecule has 27 heavy (non-hydrogen) atoms. The number of alkyl carbamates (subject to hydrolysis) is 1. The van der Waals surface area contributed by atoms with E-state index in [9.17, 15) is 18.4 Å². The minimum Gasteiger partial charge on any atom is -0.481 e. The van der Waals surface area contributed by atoms with Crippen molar-refractivity contribution in [1.29, 1.82) is 0 Å². The zero-order valence-corrected chi connectivity index (χ0v) is 14.6. The summed E-state index contributed by atoms with van der Waals surface area (Å²) in [7, 11) is 0. The predicted molar refractivity (Wildman–Crippen MR) is 94.9 cm³/mol. The monoisotopic (exact) mass is 375 g/mol. The Morgan fingerprint density at radius 3 is 2.11 bits per heavy atom. The molecule has 1 aliphatic carbocycles. The van der Waals surface area contributed by atoms with Crippen molar-refractivity contribution >= 4 is 12.1 Å². The molecule has 0 heterocycles. The molecule has 0 aromatic heterocycles. The van der Waals surface area contributed by atoms with Crippen LogP contribution in [-0.4, -0.2) is 35.7 Å². The summed E-state index contributed by atoms with van der Waals surface area (Å²) in [6.45, 7) is 0.944. The molecule has 2 N–H and O–H groups in total. The van der Waals surface area contributed by atoms with Crippen LogP contribution in [-0.2, 0) is 9.53 Å². The largest absolute Gasteiger partial charge is 0.481 e. The SMILES string of the molecule is CC(CC(=O)O)(NC(=O)OCC1c2ccccc2-c2ccccc21)C(F)F. The number of hydrogen-bond acceptors (Lipinski definition) is 3. The average Bonchev–Trinajstić information content (AvgIpc) is 2.93. The molecule has 1 atom stereocenters. The summed E-state index contributed by atoms with van der Waals surface area (Å²) in [5, 5.41) is 10.8. The van der Waals surface area contributed by atoms with E-state index in [1.165, 1.54) is 0 Å². The molecule has 1 amide bonds. The first-order valence-electron chi connectivity index (χ1n) is 8.45. The zero-order chi connectivity index (χ0) is 19.6. The number of alkyl halides is 2. The van der Waals surface area contributed by atoms with Crippen LogP contribution in [0.5, 0.6) is 0 Å². The highest BCUT2D eigenvalue weighted by atomic mass is 19.3. The Balaban J connectivity index is 1.73. The van der Waals surface area contributed by atoms with Gasteiger partial charge in [0.1, 0.15) is 12.1 Å². The van der Waals surface area contributed by atoms with Crippen LogP contribution in [0.4, 0.5) is 13.6 Å². The number of hydrogen-bond donors (Lipinski definition) is 2. The number of nitrogens with one attached hydrogen (secondary N) is 1. The molecule has 0 aliphatic heterocycles. The van der Waals surface area contributed by atoms with Crippen molar-refractivity contribution in [1.82, 2.24) is 5.32 Å². The Hall–Kier alpha value is -2.96. The van der Waals surface area contributed by atoms with Crippen LogP contribution in [0.1, 0.15) is 30.4 Å². The molecule has 2 aromatic carbocycles. The van der Waals surface area contributed by atoms with Crippen molar-refractivity contribution in [2.45, 2.75) is 31.2 Å². The first kappa shape index (κ1) is 18.8. The number of ether oxygens (including phenoxy) is 1. The molecule has 7 heteroatoms. The van der Waals surface area contributed by atoms with E-state index >= 15 is 0 Å². The van der Waals surface area contributed by atoms with E-state index in [0.717, 1.165) is 29.2 Å². The fourth-order valence-electron chi connectivity index (χ4n) is 3.36. The maximum absolute atomic E-state index is 13.2. The summed E-state index contributed by atoms with van der Waals surface area (Å²) in [6, 6.07) is 15.5. The highest BCUT2D eigenvalue weighted by molar-refractivity contribution is 5.79. The number of carboxylic acids is 1. The average molecular weight is 375 g/mol. The molecule has 0 saturated heterocycles. The summed E-state index contributed by atoms with van der Waals surface area (Å²) >= 11 is 0. The number of carbonyl (C=O) groups excluding carboxylic acids is 1. The van der Waals surface area contributed by atoms with Gasteiger partial charge in [0, 0.05) is 5.92 Å². The summed E-state index contributed by atoms with van der Waals surface area (Å²) in [6.07, 6.45) is -5.02. The van der Waals surface area contributed by atoms with Gasteiger partial charge in [0.2, 0.25) is 0 Å². The molecule has 2 aromatic rings. The lowest BCUT2D eigenvalue weighted by Crippen LogP contribution is -2.53. The minimum absolute atomic E-state index is 0.0355. The Labute approximate surface area is 155 Å². The van der Waals surface area contributed by atoms with Crippen molar-refractivity contribution in [3.8, 4) is 11.1 Å². The molecule has 0 radical (unpaired) electrons. The van der Waals surface area contributed by atoms with Gasteiger partial charge in [-0.15, -0.1) is 0 Å². The van der Waals surface area contributed by atoms with Gasteiger partial charge >= 0.3 is 12.1 Å². The fraction of sp³-hybridized carbons (Fsp3) is 0.300. The standard InChI is InChI=1S/C20H19F2NO4/c1-20(18(21)22,10-17(24)25)23-19(26)27-11-16-14-8-4-2-6-12(14)13-7-3-5-9-15(13)16/h2-9,16,18H,10-11H2,1H3,(H,23,26)(H,24,25). The number of rotatable bonds is 6. The van der Waals surface area contributed by atoms with Crippen molar-refractivity contribution in [2.24, 2.45) is 0 Å². The second kappa shape index (κ2) is 7.34.